The molecule has 2 aromatic rings. The van der Waals surface area contributed by atoms with Crippen molar-refractivity contribution in [1.82, 2.24) is 0 Å². The molecule has 0 radical (unpaired) electrons. The zero-order valence-electron chi connectivity index (χ0n) is 14.0. The van der Waals surface area contributed by atoms with E-state index in [2.05, 4.69) is 5.32 Å². The monoisotopic (exact) mass is 327 g/mol. The number of anilines is 1. The standard InChI is InChI=1S/C19H21NO4/c1-4-23-19(22)15-8-6-9-16(12-15)20-18(21)14(3)24-17-10-5-7-13(2)11-17/h5-12,14H,4H2,1-3H3,(H,20,21)/t14-/m1/s1. The van der Waals surface area contributed by atoms with Crippen molar-refractivity contribution in [2.75, 3.05) is 11.9 Å². The van der Waals surface area contributed by atoms with Crippen molar-refractivity contribution in [2.24, 2.45) is 0 Å². The highest BCUT2D eigenvalue weighted by Crippen LogP contribution is 2.16. The SMILES string of the molecule is CCOC(=O)c1cccc(NC(=O)[C@@H](C)Oc2cccc(C)c2)c1. The van der Waals surface area contributed by atoms with Gasteiger partial charge < -0.3 is 14.8 Å². The van der Waals surface area contributed by atoms with Gasteiger partial charge in [0.15, 0.2) is 6.10 Å². The third-order valence-electron chi connectivity index (χ3n) is 3.31. The third kappa shape index (κ3) is 4.84. The van der Waals surface area contributed by atoms with Crippen LogP contribution in [0.5, 0.6) is 5.75 Å². The normalized spacial score (nSPS) is 11.5. The van der Waals surface area contributed by atoms with Crippen LogP contribution in [0.25, 0.3) is 0 Å². The Balaban J connectivity index is 2.01. The van der Waals surface area contributed by atoms with Gasteiger partial charge in [-0.2, -0.15) is 0 Å². The number of benzene rings is 2. The molecule has 5 nitrogen and oxygen atoms in total. The molecule has 2 aromatic carbocycles. The Morgan fingerprint density at radius 3 is 2.58 bits per heavy atom. The Labute approximate surface area is 141 Å². The minimum Gasteiger partial charge on any atom is -0.481 e. The van der Waals surface area contributed by atoms with Gasteiger partial charge in [0.05, 0.1) is 12.2 Å². The maximum atomic E-state index is 12.3. The van der Waals surface area contributed by atoms with Crippen molar-refractivity contribution in [3.05, 3.63) is 59.7 Å². The van der Waals surface area contributed by atoms with Crippen molar-refractivity contribution in [3.63, 3.8) is 0 Å². The first-order chi connectivity index (χ1) is 11.5. The van der Waals surface area contributed by atoms with Gasteiger partial charge in [0.2, 0.25) is 0 Å². The predicted molar refractivity (Wildman–Crippen MR) is 92.3 cm³/mol. The van der Waals surface area contributed by atoms with Crippen molar-refractivity contribution >= 4 is 17.6 Å². The molecule has 1 amide bonds. The molecule has 0 bridgehead atoms. The van der Waals surface area contributed by atoms with E-state index < -0.39 is 12.1 Å². The highest BCUT2D eigenvalue weighted by Gasteiger charge is 2.16. The largest absolute Gasteiger partial charge is 0.481 e. The molecule has 0 unspecified atom stereocenters. The lowest BCUT2D eigenvalue weighted by Crippen LogP contribution is -2.30. The number of amides is 1. The topological polar surface area (TPSA) is 64.6 Å². The molecule has 0 spiro atoms. The van der Waals surface area contributed by atoms with Gasteiger partial charge in [-0.15, -0.1) is 0 Å². The number of rotatable bonds is 6. The minimum absolute atomic E-state index is 0.294. The fraction of sp³-hybridized carbons (Fsp3) is 0.263. The molecule has 0 aliphatic heterocycles. The van der Waals surface area contributed by atoms with Gasteiger partial charge in [0.25, 0.3) is 5.91 Å². The van der Waals surface area contributed by atoms with Crippen LogP contribution >= 0.6 is 0 Å². The van der Waals surface area contributed by atoms with Crippen molar-refractivity contribution in [3.8, 4) is 5.75 Å². The number of carbonyl (C=O) groups is 2. The van der Waals surface area contributed by atoms with Crippen LogP contribution in [0.15, 0.2) is 48.5 Å². The quantitative estimate of drug-likeness (QED) is 0.824. The fourth-order valence-electron chi connectivity index (χ4n) is 2.13. The zero-order valence-corrected chi connectivity index (χ0v) is 14.0. The average molecular weight is 327 g/mol. The Kier molecular flexibility index (Phi) is 5.95. The van der Waals surface area contributed by atoms with E-state index >= 15 is 0 Å². The molecule has 5 heteroatoms. The number of ether oxygens (including phenoxy) is 2. The Morgan fingerprint density at radius 2 is 1.88 bits per heavy atom. The van der Waals surface area contributed by atoms with Gasteiger partial charge in [0.1, 0.15) is 5.75 Å². The number of aryl methyl sites for hydroxylation is 1. The highest BCUT2D eigenvalue weighted by molar-refractivity contribution is 5.96. The van der Waals surface area contributed by atoms with Gasteiger partial charge in [-0.1, -0.05) is 18.2 Å². The molecule has 24 heavy (non-hydrogen) atoms. The van der Waals surface area contributed by atoms with Crippen LogP contribution in [0.4, 0.5) is 5.69 Å². The first-order valence-corrected chi connectivity index (χ1v) is 7.81. The van der Waals surface area contributed by atoms with Crippen molar-refractivity contribution in [1.29, 1.82) is 0 Å². The number of nitrogens with one attached hydrogen (secondary N) is 1. The predicted octanol–water partition coefficient (Wildman–Crippen LogP) is 3.58. The van der Waals surface area contributed by atoms with E-state index in [9.17, 15) is 9.59 Å². The number of hydrogen-bond donors (Lipinski definition) is 1. The van der Waals surface area contributed by atoms with Crippen LogP contribution in [-0.2, 0) is 9.53 Å². The summed E-state index contributed by atoms with van der Waals surface area (Å²) < 4.78 is 10.6. The first-order valence-electron chi connectivity index (χ1n) is 7.81. The second-order valence-electron chi connectivity index (χ2n) is 5.37. The Hall–Kier alpha value is -2.82. The van der Waals surface area contributed by atoms with Crippen LogP contribution < -0.4 is 10.1 Å². The zero-order chi connectivity index (χ0) is 17.5. The fourth-order valence-corrected chi connectivity index (χ4v) is 2.13. The third-order valence-corrected chi connectivity index (χ3v) is 3.31. The smallest absolute Gasteiger partial charge is 0.338 e. The van der Waals surface area contributed by atoms with Gasteiger partial charge in [-0.05, 0) is 56.7 Å². The second-order valence-corrected chi connectivity index (χ2v) is 5.37. The number of hydrogen-bond acceptors (Lipinski definition) is 4. The van der Waals surface area contributed by atoms with E-state index in [1.54, 1.807) is 44.2 Å². The van der Waals surface area contributed by atoms with Crippen molar-refractivity contribution < 1.29 is 19.1 Å². The van der Waals surface area contributed by atoms with Crippen LogP contribution in [0.2, 0.25) is 0 Å². The van der Waals surface area contributed by atoms with E-state index in [1.807, 2.05) is 25.1 Å². The summed E-state index contributed by atoms with van der Waals surface area (Å²) in [7, 11) is 0. The molecule has 0 aliphatic carbocycles. The molecule has 126 valence electrons. The molecule has 1 atom stereocenters. The Bertz CT molecular complexity index is 727. The van der Waals surface area contributed by atoms with Gasteiger partial charge in [0, 0.05) is 5.69 Å². The van der Waals surface area contributed by atoms with Crippen LogP contribution in [0.3, 0.4) is 0 Å². The Morgan fingerprint density at radius 1 is 1.12 bits per heavy atom. The molecular formula is C19H21NO4. The lowest BCUT2D eigenvalue weighted by atomic mass is 10.2. The molecular weight excluding hydrogens is 306 g/mol. The molecule has 1 N–H and O–H groups in total. The molecule has 0 aromatic heterocycles. The number of esters is 1. The summed E-state index contributed by atoms with van der Waals surface area (Å²) in [5.74, 6) is -0.0758. The maximum absolute atomic E-state index is 12.3. The van der Waals surface area contributed by atoms with Gasteiger partial charge >= 0.3 is 5.97 Å². The number of carbonyl (C=O) groups excluding carboxylic acids is 2. The van der Waals surface area contributed by atoms with E-state index in [-0.39, 0.29) is 5.91 Å². The van der Waals surface area contributed by atoms with Gasteiger partial charge in [-0.3, -0.25) is 4.79 Å². The summed E-state index contributed by atoms with van der Waals surface area (Å²) >= 11 is 0. The first kappa shape index (κ1) is 17.5. The minimum atomic E-state index is -0.668. The molecule has 0 fully saturated rings. The second kappa shape index (κ2) is 8.15. The summed E-state index contributed by atoms with van der Waals surface area (Å²) in [6.07, 6.45) is -0.668. The molecule has 2 rings (SSSR count). The van der Waals surface area contributed by atoms with Gasteiger partial charge in [-0.25, -0.2) is 4.79 Å². The summed E-state index contributed by atoms with van der Waals surface area (Å²) in [4.78, 5) is 24.0. The summed E-state index contributed by atoms with van der Waals surface area (Å²) in [5, 5.41) is 2.74. The molecule has 0 saturated heterocycles. The highest BCUT2D eigenvalue weighted by atomic mass is 16.5. The van der Waals surface area contributed by atoms with Crippen LogP contribution in [0, 0.1) is 6.92 Å². The van der Waals surface area contributed by atoms with Crippen LogP contribution in [-0.4, -0.2) is 24.6 Å². The summed E-state index contributed by atoms with van der Waals surface area (Å²) in [6, 6.07) is 14.1. The summed E-state index contributed by atoms with van der Waals surface area (Å²) in [6.45, 7) is 5.68. The molecule has 0 heterocycles. The summed E-state index contributed by atoms with van der Waals surface area (Å²) in [5.41, 5.74) is 1.97. The van der Waals surface area contributed by atoms with E-state index in [4.69, 9.17) is 9.47 Å². The lowest BCUT2D eigenvalue weighted by molar-refractivity contribution is -0.122. The maximum Gasteiger partial charge on any atom is 0.338 e. The van der Waals surface area contributed by atoms with Crippen molar-refractivity contribution in [2.45, 2.75) is 26.9 Å². The average Bonchev–Trinajstić information content (AvgIpc) is 2.55. The molecule has 0 saturated carbocycles. The molecule has 0 aliphatic rings. The van der Waals surface area contributed by atoms with Crippen LogP contribution in [0.1, 0.15) is 29.8 Å². The lowest BCUT2D eigenvalue weighted by Gasteiger charge is -2.15. The van der Waals surface area contributed by atoms with E-state index in [1.165, 1.54) is 0 Å². The van der Waals surface area contributed by atoms with E-state index in [0.717, 1.165) is 5.56 Å². The van der Waals surface area contributed by atoms with E-state index in [0.29, 0.717) is 23.6 Å².